The van der Waals surface area contributed by atoms with Crippen molar-refractivity contribution in [1.29, 1.82) is 0 Å². The van der Waals surface area contributed by atoms with E-state index < -0.39 is 15.2 Å². The number of hydrogen-bond acceptors (Lipinski definition) is 1. The van der Waals surface area contributed by atoms with Crippen LogP contribution in [0, 0.1) is 0 Å². The average molecular weight is 580 g/mol. The highest BCUT2D eigenvalue weighted by Gasteiger charge is 2.44. The Bertz CT molecular complexity index is 1720. The van der Waals surface area contributed by atoms with E-state index in [0.717, 1.165) is 24.3 Å². The molecular weight excluding hydrogens is 546 g/mol. The Morgan fingerprint density at radius 1 is 0.476 bits per heavy atom. The van der Waals surface area contributed by atoms with Crippen LogP contribution in [0.1, 0.15) is 11.1 Å². The zero-order chi connectivity index (χ0) is 28.4. The van der Waals surface area contributed by atoms with Gasteiger partial charge in [-0.1, -0.05) is 127 Å². The normalized spacial score (nSPS) is 12.6. The van der Waals surface area contributed by atoms with Crippen molar-refractivity contribution in [2.75, 3.05) is 6.66 Å². The molecule has 1 heterocycles. The number of ether oxygens (including phenoxy) is 1. The number of rotatable bonds is 6. The minimum absolute atomic E-state index is 0.803. The molecule has 0 radical (unpaired) electrons. The van der Waals surface area contributed by atoms with Gasteiger partial charge in [-0.2, -0.15) is 0 Å². The van der Waals surface area contributed by atoms with Crippen LogP contribution in [0.5, 0.6) is 11.5 Å². The van der Waals surface area contributed by atoms with Gasteiger partial charge in [0.05, 0.1) is 6.66 Å². The third kappa shape index (κ3) is 4.88. The summed E-state index contributed by atoms with van der Waals surface area (Å²) in [6.07, 6.45) is 1.91. The van der Waals surface area contributed by atoms with Crippen molar-refractivity contribution in [2.24, 2.45) is 0 Å². The number of fused-ring (bicyclic) bond motifs is 2. The van der Waals surface area contributed by atoms with Crippen molar-refractivity contribution < 1.29 is 4.74 Å². The lowest BCUT2D eigenvalue weighted by atomic mass is 10.0. The summed E-state index contributed by atoms with van der Waals surface area (Å²) in [5.74, 6) is 2.08. The molecular formula is C39H33OP2+. The second kappa shape index (κ2) is 11.7. The van der Waals surface area contributed by atoms with Crippen molar-refractivity contribution in [3.8, 4) is 11.5 Å². The van der Waals surface area contributed by atoms with Crippen LogP contribution < -0.4 is 36.6 Å². The topological polar surface area (TPSA) is 9.23 Å². The van der Waals surface area contributed by atoms with Gasteiger partial charge >= 0.3 is 0 Å². The summed E-state index contributed by atoms with van der Waals surface area (Å²) in [6.45, 7) is 2.45. The highest BCUT2D eigenvalue weighted by molar-refractivity contribution is 7.95. The Morgan fingerprint density at radius 3 is 1.45 bits per heavy atom. The summed E-state index contributed by atoms with van der Waals surface area (Å²) in [5.41, 5.74) is 2.57. The summed E-state index contributed by atoms with van der Waals surface area (Å²) >= 11 is 0. The molecule has 1 aliphatic rings. The van der Waals surface area contributed by atoms with E-state index in [9.17, 15) is 0 Å². The summed E-state index contributed by atoms with van der Waals surface area (Å²) < 4.78 is 7.32. The van der Waals surface area contributed by atoms with Crippen LogP contribution in [0.15, 0.2) is 158 Å². The van der Waals surface area contributed by atoms with Gasteiger partial charge in [-0.05, 0) is 72.8 Å². The summed E-state index contributed by atoms with van der Waals surface area (Å²) in [7, 11) is -2.80. The Kier molecular flexibility index (Phi) is 7.48. The standard InChI is InChI=1S/C39H33OP2/c1-42(34-22-10-4-11-23-34,35-24-12-5-13-25-35)37-27-15-17-31-29-28-30-16-14-26-36(38(30)40-39(31)37)41(32-18-6-2-7-19-32)33-20-8-3-9-21-33/h2-27H,28-29H2,1H3/q+1. The minimum atomic E-state index is -1.99. The van der Waals surface area contributed by atoms with Gasteiger partial charge in [-0.25, -0.2) is 0 Å². The average Bonchev–Trinajstić information content (AvgIpc) is 3.26. The number of hydrogen-bond donors (Lipinski definition) is 0. The molecule has 204 valence electrons. The maximum Gasteiger partial charge on any atom is 0.173 e. The summed E-state index contributed by atoms with van der Waals surface area (Å²) in [6, 6.07) is 57.5. The summed E-state index contributed by atoms with van der Waals surface area (Å²) in [5, 5.41) is 7.98. The molecule has 0 saturated heterocycles. The fraction of sp³-hybridized carbons (Fsp3) is 0.0769. The van der Waals surface area contributed by atoms with E-state index in [1.807, 2.05) is 0 Å². The lowest BCUT2D eigenvalue weighted by molar-refractivity contribution is 0.487. The van der Waals surface area contributed by atoms with Gasteiger partial charge in [0.2, 0.25) is 0 Å². The van der Waals surface area contributed by atoms with Crippen molar-refractivity contribution in [2.45, 2.75) is 12.8 Å². The van der Waals surface area contributed by atoms with Crippen LogP contribution in [0.4, 0.5) is 0 Å². The fourth-order valence-electron chi connectivity index (χ4n) is 6.13. The molecule has 42 heavy (non-hydrogen) atoms. The molecule has 0 fully saturated rings. The lowest BCUT2D eigenvalue weighted by Crippen LogP contribution is -2.31. The van der Waals surface area contributed by atoms with E-state index in [-0.39, 0.29) is 0 Å². The van der Waals surface area contributed by atoms with Crippen molar-refractivity contribution in [3.05, 3.63) is 169 Å². The lowest BCUT2D eigenvalue weighted by Gasteiger charge is -2.27. The zero-order valence-electron chi connectivity index (χ0n) is 23.7. The van der Waals surface area contributed by atoms with Gasteiger partial charge in [-0.15, -0.1) is 0 Å². The molecule has 0 amide bonds. The van der Waals surface area contributed by atoms with Gasteiger partial charge in [-0.3, -0.25) is 0 Å². The van der Waals surface area contributed by atoms with E-state index in [1.54, 1.807) is 0 Å². The maximum atomic E-state index is 7.32. The van der Waals surface area contributed by atoms with Gasteiger partial charge in [0.15, 0.2) is 5.75 Å². The molecule has 0 aliphatic carbocycles. The Balaban J connectivity index is 1.44. The van der Waals surface area contributed by atoms with Gasteiger partial charge in [0, 0.05) is 5.30 Å². The predicted octanol–water partition coefficient (Wildman–Crippen LogP) is 7.26. The first-order valence-electron chi connectivity index (χ1n) is 14.5. The van der Waals surface area contributed by atoms with Crippen LogP contribution in [-0.2, 0) is 12.8 Å². The third-order valence-electron chi connectivity index (χ3n) is 8.32. The van der Waals surface area contributed by atoms with Gasteiger partial charge in [0.1, 0.15) is 28.9 Å². The fourth-order valence-corrected chi connectivity index (χ4v) is 11.9. The highest BCUT2D eigenvalue weighted by Crippen LogP contribution is 2.55. The van der Waals surface area contributed by atoms with E-state index in [0.29, 0.717) is 0 Å². The Morgan fingerprint density at radius 2 is 0.929 bits per heavy atom. The van der Waals surface area contributed by atoms with Crippen LogP contribution in [0.3, 0.4) is 0 Å². The van der Waals surface area contributed by atoms with Gasteiger partial charge < -0.3 is 4.74 Å². The molecule has 7 rings (SSSR count). The van der Waals surface area contributed by atoms with E-state index in [4.69, 9.17) is 4.74 Å². The predicted molar refractivity (Wildman–Crippen MR) is 184 cm³/mol. The molecule has 6 aromatic rings. The second-order valence-electron chi connectivity index (χ2n) is 10.8. The number of aryl methyl sites for hydroxylation is 2. The van der Waals surface area contributed by atoms with Crippen molar-refractivity contribution >= 4 is 47.0 Å². The maximum absolute atomic E-state index is 7.32. The van der Waals surface area contributed by atoms with Crippen LogP contribution in [-0.4, -0.2) is 6.66 Å². The van der Waals surface area contributed by atoms with Crippen LogP contribution in [0.2, 0.25) is 0 Å². The number of benzene rings is 6. The van der Waals surface area contributed by atoms with E-state index >= 15 is 0 Å². The van der Waals surface area contributed by atoms with Crippen molar-refractivity contribution in [3.63, 3.8) is 0 Å². The molecule has 0 atom stereocenters. The smallest absolute Gasteiger partial charge is 0.173 e. The molecule has 6 aromatic carbocycles. The first-order valence-corrected chi connectivity index (χ1v) is 18.1. The highest BCUT2D eigenvalue weighted by atomic mass is 31.2. The first-order chi connectivity index (χ1) is 20.7. The molecule has 1 aliphatic heterocycles. The van der Waals surface area contributed by atoms with E-state index in [1.165, 1.54) is 43.0 Å². The van der Waals surface area contributed by atoms with Crippen LogP contribution in [0.25, 0.3) is 0 Å². The number of para-hydroxylation sites is 2. The molecule has 3 heteroatoms. The van der Waals surface area contributed by atoms with E-state index in [2.05, 4.69) is 164 Å². The first kappa shape index (κ1) is 26.9. The Labute approximate surface area is 251 Å². The quantitative estimate of drug-likeness (QED) is 0.189. The van der Waals surface area contributed by atoms with Crippen molar-refractivity contribution in [1.82, 2.24) is 0 Å². The molecule has 1 nitrogen and oxygen atoms in total. The largest absolute Gasteiger partial charge is 0.452 e. The third-order valence-corrected chi connectivity index (χ3v) is 14.8. The molecule has 0 aromatic heterocycles. The molecule has 0 N–H and O–H groups in total. The molecule has 0 bridgehead atoms. The minimum Gasteiger partial charge on any atom is -0.452 e. The summed E-state index contributed by atoms with van der Waals surface area (Å²) in [4.78, 5) is 0. The molecule has 0 saturated carbocycles. The second-order valence-corrected chi connectivity index (χ2v) is 16.5. The zero-order valence-corrected chi connectivity index (χ0v) is 25.5. The molecule has 0 unspecified atom stereocenters. The Hall–Kier alpha value is -4.02. The molecule has 0 spiro atoms. The monoisotopic (exact) mass is 579 g/mol. The van der Waals surface area contributed by atoms with Gasteiger partial charge in [0.25, 0.3) is 0 Å². The van der Waals surface area contributed by atoms with Crippen LogP contribution >= 0.6 is 15.2 Å². The SMILES string of the molecule is C[P+](c1ccccc1)(c1ccccc1)c1cccc2c1Oc1c(cccc1P(c1ccccc1)c1ccccc1)CC2.